The summed E-state index contributed by atoms with van der Waals surface area (Å²) in [7, 11) is -3.79. The summed E-state index contributed by atoms with van der Waals surface area (Å²) in [5.41, 5.74) is 0.556. The van der Waals surface area contributed by atoms with Gasteiger partial charge in [-0.25, -0.2) is 0 Å². The summed E-state index contributed by atoms with van der Waals surface area (Å²) in [6, 6.07) is 0. The van der Waals surface area contributed by atoms with Gasteiger partial charge >= 0.3 is 7.60 Å². The normalized spacial score (nSPS) is 11.4. The van der Waals surface area contributed by atoms with Crippen LogP contribution in [-0.2, 0) is 9.36 Å². The largest absolute Gasteiger partial charge is 0.352 e. The second-order valence-corrected chi connectivity index (χ2v) is 7.74. The average molecular weight is 333 g/mol. The van der Waals surface area contributed by atoms with E-state index in [2.05, 4.69) is 11.9 Å². The van der Waals surface area contributed by atoms with Gasteiger partial charge in [-0.3, -0.25) is 9.36 Å². The molecule has 0 aromatic carbocycles. The molecule has 0 spiro atoms. The van der Waals surface area contributed by atoms with Crippen LogP contribution in [0.2, 0.25) is 0 Å². The molecule has 0 unspecified atom stereocenters. The summed E-state index contributed by atoms with van der Waals surface area (Å²) >= 11 is 0. The molecule has 3 N–H and O–H groups in total. The van der Waals surface area contributed by atoms with Crippen LogP contribution in [0.4, 0.5) is 0 Å². The lowest BCUT2D eigenvalue weighted by atomic mass is 10.1. The van der Waals surface area contributed by atoms with Gasteiger partial charge in [-0.2, -0.15) is 0 Å². The van der Waals surface area contributed by atoms with Crippen LogP contribution < -0.4 is 5.32 Å². The van der Waals surface area contributed by atoms with Gasteiger partial charge in [0, 0.05) is 18.3 Å². The molecule has 0 heterocycles. The van der Waals surface area contributed by atoms with E-state index in [0.29, 0.717) is 12.0 Å². The molecule has 0 aliphatic carbocycles. The van der Waals surface area contributed by atoms with Crippen molar-refractivity contribution in [1.29, 1.82) is 0 Å². The third-order valence-corrected chi connectivity index (χ3v) is 4.45. The first kappa shape index (κ1) is 21.4. The van der Waals surface area contributed by atoms with Gasteiger partial charge in [0.1, 0.15) is 0 Å². The Labute approximate surface area is 134 Å². The Morgan fingerprint density at radius 3 is 1.73 bits per heavy atom. The molecular weight excluding hydrogens is 301 g/mol. The zero-order valence-corrected chi connectivity index (χ0v) is 14.7. The molecule has 0 aliphatic rings. The smallest absolute Gasteiger partial charge is 0.325 e. The van der Waals surface area contributed by atoms with E-state index >= 15 is 0 Å². The molecule has 0 aromatic heterocycles. The number of carbonyl (C=O) groups is 1. The molecule has 130 valence electrons. The maximum Gasteiger partial charge on any atom is 0.325 e. The molecule has 0 saturated heterocycles. The van der Waals surface area contributed by atoms with Crippen LogP contribution in [0, 0.1) is 0 Å². The topological polar surface area (TPSA) is 86.6 Å². The van der Waals surface area contributed by atoms with Crippen molar-refractivity contribution in [2.45, 2.75) is 71.1 Å². The minimum Gasteiger partial charge on any atom is -0.352 e. The summed E-state index contributed by atoms with van der Waals surface area (Å²) in [5, 5.41) is 2.83. The first-order valence-corrected chi connectivity index (χ1v) is 10.1. The zero-order valence-electron chi connectivity index (χ0n) is 13.9. The highest BCUT2D eigenvalue weighted by Crippen LogP contribution is 2.35. The lowest BCUT2D eigenvalue weighted by Crippen LogP contribution is -2.24. The quantitative estimate of drug-likeness (QED) is 0.257. The van der Waals surface area contributed by atoms with Crippen molar-refractivity contribution < 1.29 is 19.1 Å². The predicted molar refractivity (Wildman–Crippen MR) is 90.9 cm³/mol. The van der Waals surface area contributed by atoms with Crippen molar-refractivity contribution >= 4 is 13.5 Å². The minimum atomic E-state index is -3.79. The first-order chi connectivity index (χ1) is 10.3. The molecular formula is C16H32NO4P. The second kappa shape index (κ2) is 12.9. The van der Waals surface area contributed by atoms with E-state index < -0.39 is 7.60 Å². The van der Waals surface area contributed by atoms with Crippen LogP contribution in [0.3, 0.4) is 0 Å². The van der Waals surface area contributed by atoms with E-state index in [1.807, 2.05) is 0 Å². The highest BCUT2D eigenvalue weighted by molar-refractivity contribution is 7.51. The number of nitrogens with one attached hydrogen (secondary N) is 1. The van der Waals surface area contributed by atoms with Crippen LogP contribution >= 0.6 is 7.60 Å². The number of carbonyl (C=O) groups excluding carboxylic acids is 1. The second-order valence-electron chi connectivity index (χ2n) is 5.96. The summed E-state index contributed by atoms with van der Waals surface area (Å²) < 4.78 is 10.7. The van der Waals surface area contributed by atoms with Crippen LogP contribution in [0.15, 0.2) is 12.2 Å². The SMILES string of the molecule is C=C(C)C(=O)NCCCCCCCCCCCCP(=O)(O)O. The van der Waals surface area contributed by atoms with Crippen molar-refractivity contribution in [3.8, 4) is 0 Å². The third-order valence-electron chi connectivity index (χ3n) is 3.55. The van der Waals surface area contributed by atoms with E-state index in [4.69, 9.17) is 9.79 Å². The number of amides is 1. The van der Waals surface area contributed by atoms with Crippen LogP contribution in [0.25, 0.3) is 0 Å². The van der Waals surface area contributed by atoms with Gasteiger partial charge in [0.25, 0.3) is 0 Å². The van der Waals surface area contributed by atoms with Crippen molar-refractivity contribution in [2.24, 2.45) is 0 Å². The molecule has 5 nitrogen and oxygen atoms in total. The lowest BCUT2D eigenvalue weighted by molar-refractivity contribution is -0.117. The van der Waals surface area contributed by atoms with Crippen molar-refractivity contribution in [3.63, 3.8) is 0 Å². The van der Waals surface area contributed by atoms with Crippen molar-refractivity contribution in [3.05, 3.63) is 12.2 Å². The fourth-order valence-electron chi connectivity index (χ4n) is 2.21. The Balaban J connectivity index is 3.16. The Morgan fingerprint density at radius 2 is 1.32 bits per heavy atom. The Kier molecular flexibility index (Phi) is 12.5. The van der Waals surface area contributed by atoms with Crippen molar-refractivity contribution in [2.75, 3.05) is 12.7 Å². The molecule has 0 atom stereocenters. The molecule has 6 heteroatoms. The summed E-state index contributed by atoms with van der Waals surface area (Å²) in [5.74, 6) is -0.0567. The van der Waals surface area contributed by atoms with E-state index in [9.17, 15) is 9.36 Å². The molecule has 22 heavy (non-hydrogen) atoms. The molecule has 0 aliphatic heterocycles. The van der Waals surface area contributed by atoms with E-state index in [1.165, 1.54) is 25.7 Å². The highest BCUT2D eigenvalue weighted by Gasteiger charge is 2.10. The Bertz CT molecular complexity index is 365. The maximum atomic E-state index is 11.2. The molecule has 0 saturated carbocycles. The van der Waals surface area contributed by atoms with Gasteiger partial charge in [-0.15, -0.1) is 0 Å². The summed E-state index contributed by atoms with van der Waals surface area (Å²) in [6.45, 7) is 6.03. The van der Waals surface area contributed by atoms with Crippen LogP contribution in [-0.4, -0.2) is 28.4 Å². The van der Waals surface area contributed by atoms with Crippen LogP contribution in [0.5, 0.6) is 0 Å². The zero-order chi connectivity index (χ0) is 16.8. The number of hydrogen-bond donors (Lipinski definition) is 3. The van der Waals surface area contributed by atoms with Gasteiger partial charge in [0.2, 0.25) is 5.91 Å². The standard InChI is InChI=1S/C16H32NO4P/c1-15(2)16(18)17-13-11-9-7-5-3-4-6-8-10-12-14-22(19,20)21/h1,3-14H2,2H3,(H,17,18)(H2,19,20,21). The third kappa shape index (κ3) is 15.7. The van der Waals surface area contributed by atoms with Crippen molar-refractivity contribution in [1.82, 2.24) is 5.32 Å². The average Bonchev–Trinajstić information content (AvgIpc) is 2.42. The van der Waals surface area contributed by atoms with Gasteiger partial charge in [-0.05, 0) is 19.8 Å². The van der Waals surface area contributed by atoms with E-state index in [1.54, 1.807) is 6.92 Å². The molecule has 0 bridgehead atoms. The van der Waals surface area contributed by atoms with Gasteiger partial charge < -0.3 is 15.1 Å². The number of unbranched alkanes of at least 4 members (excludes halogenated alkanes) is 9. The summed E-state index contributed by atoms with van der Waals surface area (Å²) in [6.07, 6.45) is 10.8. The minimum absolute atomic E-state index is 0.0227. The van der Waals surface area contributed by atoms with E-state index in [-0.39, 0.29) is 12.1 Å². The summed E-state index contributed by atoms with van der Waals surface area (Å²) in [4.78, 5) is 28.7. The molecule has 0 aromatic rings. The monoisotopic (exact) mass is 333 g/mol. The number of hydrogen-bond acceptors (Lipinski definition) is 2. The fourth-order valence-corrected chi connectivity index (χ4v) is 2.85. The molecule has 0 rings (SSSR count). The predicted octanol–water partition coefficient (Wildman–Crippen LogP) is 3.76. The van der Waals surface area contributed by atoms with Gasteiger partial charge in [0.05, 0.1) is 0 Å². The van der Waals surface area contributed by atoms with Gasteiger partial charge in [0.15, 0.2) is 0 Å². The Hall–Kier alpha value is -0.640. The molecule has 1 amide bonds. The number of rotatable bonds is 14. The van der Waals surface area contributed by atoms with E-state index in [0.717, 1.165) is 38.6 Å². The van der Waals surface area contributed by atoms with Gasteiger partial charge in [-0.1, -0.05) is 57.9 Å². The fraction of sp³-hybridized carbons (Fsp3) is 0.812. The Morgan fingerprint density at radius 1 is 0.909 bits per heavy atom. The molecule has 0 fully saturated rings. The van der Waals surface area contributed by atoms with Crippen LogP contribution in [0.1, 0.15) is 71.1 Å². The molecule has 0 radical (unpaired) electrons. The maximum absolute atomic E-state index is 11.2. The highest BCUT2D eigenvalue weighted by atomic mass is 31.2. The lowest BCUT2D eigenvalue weighted by Gasteiger charge is -2.05. The first-order valence-electron chi connectivity index (χ1n) is 8.31.